The van der Waals surface area contributed by atoms with Gasteiger partial charge in [0.05, 0.1) is 22.2 Å². The van der Waals surface area contributed by atoms with Crippen molar-refractivity contribution in [2.75, 3.05) is 13.7 Å². The van der Waals surface area contributed by atoms with Crippen LogP contribution in [-0.4, -0.2) is 31.6 Å². The highest BCUT2D eigenvalue weighted by Crippen LogP contribution is 2.33. The summed E-state index contributed by atoms with van der Waals surface area (Å²) in [6, 6.07) is 2.13. The largest absolute Gasteiger partial charge is 0.482 e. The van der Waals surface area contributed by atoms with E-state index < -0.39 is 17.9 Å². The molecule has 0 bridgehead atoms. The lowest BCUT2D eigenvalue weighted by molar-refractivity contribution is -0.145. The third kappa shape index (κ3) is 6.45. The SMILES string of the molecule is COC(=O)[C@H](CC(C)C)NC(=O)COc1cc(Cl)c(Cl)cc1Cl. The van der Waals surface area contributed by atoms with E-state index in [2.05, 4.69) is 10.1 Å². The number of rotatable bonds is 7. The zero-order valence-electron chi connectivity index (χ0n) is 13.0. The van der Waals surface area contributed by atoms with Gasteiger partial charge in [-0.3, -0.25) is 4.79 Å². The number of hydrogen-bond acceptors (Lipinski definition) is 4. The highest BCUT2D eigenvalue weighted by molar-refractivity contribution is 6.43. The predicted molar refractivity (Wildman–Crippen MR) is 90.4 cm³/mol. The molecule has 0 unspecified atom stereocenters. The van der Waals surface area contributed by atoms with Crippen LogP contribution < -0.4 is 10.1 Å². The molecule has 0 radical (unpaired) electrons. The first kappa shape index (κ1) is 19.9. The van der Waals surface area contributed by atoms with Crippen LogP contribution in [0.5, 0.6) is 5.75 Å². The van der Waals surface area contributed by atoms with Crippen LogP contribution >= 0.6 is 34.8 Å². The quantitative estimate of drug-likeness (QED) is 0.576. The first-order chi connectivity index (χ1) is 10.7. The first-order valence-corrected chi connectivity index (χ1v) is 8.02. The average molecular weight is 383 g/mol. The topological polar surface area (TPSA) is 64.6 Å². The van der Waals surface area contributed by atoms with Crippen LogP contribution in [0, 0.1) is 5.92 Å². The molecule has 0 spiro atoms. The van der Waals surface area contributed by atoms with Crippen molar-refractivity contribution in [3.05, 3.63) is 27.2 Å². The van der Waals surface area contributed by atoms with Gasteiger partial charge in [0.2, 0.25) is 0 Å². The van der Waals surface area contributed by atoms with Gasteiger partial charge in [-0.2, -0.15) is 0 Å². The summed E-state index contributed by atoms with van der Waals surface area (Å²) >= 11 is 17.6. The monoisotopic (exact) mass is 381 g/mol. The Morgan fingerprint density at radius 1 is 1.13 bits per heavy atom. The molecule has 1 amide bonds. The molecular formula is C15H18Cl3NO4. The zero-order chi connectivity index (χ0) is 17.6. The lowest BCUT2D eigenvalue weighted by Gasteiger charge is -2.18. The second-order valence-electron chi connectivity index (χ2n) is 5.26. The molecule has 1 atom stereocenters. The maximum absolute atomic E-state index is 11.9. The number of carbonyl (C=O) groups is 2. The van der Waals surface area contributed by atoms with Crippen LogP contribution in [-0.2, 0) is 14.3 Å². The van der Waals surface area contributed by atoms with Crippen LogP contribution in [0.25, 0.3) is 0 Å². The highest BCUT2D eigenvalue weighted by atomic mass is 35.5. The van der Waals surface area contributed by atoms with Gasteiger partial charge in [-0.25, -0.2) is 4.79 Å². The smallest absolute Gasteiger partial charge is 0.328 e. The number of nitrogens with one attached hydrogen (secondary N) is 1. The summed E-state index contributed by atoms with van der Waals surface area (Å²) < 4.78 is 9.99. The van der Waals surface area contributed by atoms with Crippen molar-refractivity contribution in [3.8, 4) is 5.75 Å². The van der Waals surface area contributed by atoms with E-state index in [1.54, 1.807) is 0 Å². The molecule has 0 saturated carbocycles. The van der Waals surface area contributed by atoms with Crippen LogP contribution in [0.1, 0.15) is 20.3 Å². The van der Waals surface area contributed by atoms with Crippen LogP contribution in [0.2, 0.25) is 15.1 Å². The molecule has 5 nitrogen and oxygen atoms in total. The number of benzene rings is 1. The van der Waals surface area contributed by atoms with Gasteiger partial charge in [0.15, 0.2) is 6.61 Å². The van der Waals surface area contributed by atoms with E-state index in [9.17, 15) is 9.59 Å². The fourth-order valence-electron chi connectivity index (χ4n) is 1.82. The zero-order valence-corrected chi connectivity index (χ0v) is 15.3. The summed E-state index contributed by atoms with van der Waals surface area (Å²) in [6.07, 6.45) is 0.464. The van der Waals surface area contributed by atoms with Crippen molar-refractivity contribution < 1.29 is 19.1 Å². The normalized spacial score (nSPS) is 12.0. The van der Waals surface area contributed by atoms with E-state index in [1.165, 1.54) is 19.2 Å². The van der Waals surface area contributed by atoms with Gasteiger partial charge >= 0.3 is 5.97 Å². The molecule has 8 heteroatoms. The number of halogens is 3. The van der Waals surface area contributed by atoms with Gasteiger partial charge in [-0.05, 0) is 18.4 Å². The van der Waals surface area contributed by atoms with Gasteiger partial charge in [0.1, 0.15) is 11.8 Å². The van der Waals surface area contributed by atoms with Gasteiger partial charge < -0.3 is 14.8 Å². The van der Waals surface area contributed by atoms with Crippen molar-refractivity contribution in [3.63, 3.8) is 0 Å². The highest BCUT2D eigenvalue weighted by Gasteiger charge is 2.22. The molecule has 1 aromatic rings. The third-order valence-electron chi connectivity index (χ3n) is 2.86. The average Bonchev–Trinajstić information content (AvgIpc) is 2.47. The van der Waals surface area contributed by atoms with Gasteiger partial charge in [-0.15, -0.1) is 0 Å². The molecule has 0 aliphatic carbocycles. The Bertz CT molecular complexity index is 578. The minimum Gasteiger partial charge on any atom is -0.482 e. The molecular weight excluding hydrogens is 365 g/mol. The van der Waals surface area contributed by atoms with Gasteiger partial charge in [0.25, 0.3) is 5.91 Å². The Kier molecular flexibility index (Phi) is 7.95. The Balaban J connectivity index is 2.65. The maximum atomic E-state index is 11.9. The Morgan fingerprint density at radius 3 is 2.30 bits per heavy atom. The second-order valence-corrected chi connectivity index (χ2v) is 6.48. The van der Waals surface area contributed by atoms with Gasteiger partial charge in [0, 0.05) is 6.07 Å². The molecule has 1 aromatic carbocycles. The molecule has 128 valence electrons. The van der Waals surface area contributed by atoms with E-state index in [0.717, 1.165) is 0 Å². The van der Waals surface area contributed by atoms with E-state index in [4.69, 9.17) is 39.5 Å². The van der Waals surface area contributed by atoms with Crippen molar-refractivity contribution >= 4 is 46.7 Å². The fraction of sp³-hybridized carbons (Fsp3) is 0.467. The molecule has 1 N–H and O–H groups in total. The van der Waals surface area contributed by atoms with Crippen LogP contribution in [0.4, 0.5) is 0 Å². The van der Waals surface area contributed by atoms with E-state index in [-0.39, 0.29) is 33.3 Å². The van der Waals surface area contributed by atoms with Gasteiger partial charge in [-0.1, -0.05) is 48.7 Å². The van der Waals surface area contributed by atoms with E-state index in [1.807, 2.05) is 13.8 Å². The van der Waals surface area contributed by atoms with Crippen LogP contribution in [0.3, 0.4) is 0 Å². The minimum absolute atomic E-state index is 0.213. The Morgan fingerprint density at radius 2 is 1.74 bits per heavy atom. The summed E-state index contributed by atoms with van der Waals surface area (Å²) in [5.41, 5.74) is 0. The number of ether oxygens (including phenoxy) is 2. The van der Waals surface area contributed by atoms with E-state index in [0.29, 0.717) is 6.42 Å². The summed E-state index contributed by atoms with van der Waals surface area (Å²) in [5.74, 6) is -0.526. The van der Waals surface area contributed by atoms with Crippen LogP contribution in [0.15, 0.2) is 12.1 Å². The predicted octanol–water partition coefficient (Wildman–Crippen LogP) is 3.73. The Labute approximate surface area is 150 Å². The summed E-state index contributed by atoms with van der Waals surface area (Å²) in [7, 11) is 1.27. The van der Waals surface area contributed by atoms with Crippen molar-refractivity contribution in [2.45, 2.75) is 26.3 Å². The first-order valence-electron chi connectivity index (χ1n) is 6.89. The third-order valence-corrected chi connectivity index (χ3v) is 3.88. The summed E-state index contributed by atoms with van der Waals surface area (Å²) in [4.78, 5) is 23.6. The molecule has 0 heterocycles. The lowest BCUT2D eigenvalue weighted by atomic mass is 10.0. The van der Waals surface area contributed by atoms with Crippen molar-refractivity contribution in [1.82, 2.24) is 5.32 Å². The standard InChI is InChI=1S/C15H18Cl3NO4/c1-8(2)4-12(15(21)22-3)19-14(20)7-23-13-6-10(17)9(16)5-11(13)18/h5-6,8,12H,4,7H2,1-3H3,(H,19,20)/t12-/m0/s1. The van der Waals surface area contributed by atoms with E-state index >= 15 is 0 Å². The fourth-order valence-corrected chi connectivity index (χ4v) is 2.41. The number of esters is 1. The Hall–Kier alpha value is -1.17. The summed E-state index contributed by atoms with van der Waals surface area (Å²) in [5, 5.41) is 3.36. The number of methoxy groups -OCH3 is 1. The summed E-state index contributed by atoms with van der Waals surface area (Å²) in [6.45, 7) is 3.56. The molecule has 0 aromatic heterocycles. The molecule has 0 fully saturated rings. The van der Waals surface area contributed by atoms with Crippen molar-refractivity contribution in [1.29, 1.82) is 0 Å². The molecule has 1 rings (SSSR count). The molecule has 0 aliphatic heterocycles. The molecule has 23 heavy (non-hydrogen) atoms. The molecule has 0 saturated heterocycles. The number of carbonyl (C=O) groups excluding carboxylic acids is 2. The van der Waals surface area contributed by atoms with Crippen molar-refractivity contribution in [2.24, 2.45) is 5.92 Å². The number of hydrogen-bond donors (Lipinski definition) is 1. The second kappa shape index (κ2) is 9.21. The number of amides is 1. The molecule has 0 aliphatic rings. The lowest BCUT2D eigenvalue weighted by Crippen LogP contribution is -2.44. The maximum Gasteiger partial charge on any atom is 0.328 e. The minimum atomic E-state index is -0.722.